The van der Waals surface area contributed by atoms with E-state index in [1.165, 1.54) is 6.92 Å². The molecule has 0 N–H and O–H groups in total. The van der Waals surface area contributed by atoms with Gasteiger partial charge in [-0.25, -0.2) is 4.57 Å². The van der Waals surface area contributed by atoms with E-state index in [4.69, 9.17) is 32.5 Å². The van der Waals surface area contributed by atoms with Gasteiger partial charge in [-0.15, -0.1) is 0 Å². The molecule has 1 aliphatic heterocycles. The molecule has 5 atom stereocenters. The van der Waals surface area contributed by atoms with Gasteiger partial charge in [0.1, 0.15) is 6.10 Å². The number of carbonyl (C=O) groups excluding carboxylic acids is 3. The van der Waals surface area contributed by atoms with Crippen LogP contribution >= 0.6 is 23.8 Å². The maximum atomic E-state index is 13.7. The Morgan fingerprint density at radius 1 is 0.718 bits per heavy atom. The number of ether oxygens (including phenoxy) is 4. The highest BCUT2D eigenvalue weighted by atomic mass is 79.9. The standard InChI is InChI=1S/C26H30BrO11P/c1-17(28)35-23-22(38-26(27)25(37-19(3)30)24(23)36-18(2)29)16-34-39(31,32-14-20-10-6-4-7-11-20)33-15-21-12-8-5-9-13-21/h4-13,22-26H,14-16H2,1-3H3/t22?,23-,24-,25?,26+/m0/s1. The minimum atomic E-state index is -4.21. The summed E-state index contributed by atoms with van der Waals surface area (Å²) in [6.07, 6.45) is -4.80. The van der Waals surface area contributed by atoms with Crippen LogP contribution in [0.15, 0.2) is 60.7 Å². The van der Waals surface area contributed by atoms with E-state index in [-0.39, 0.29) is 13.2 Å². The zero-order valence-electron chi connectivity index (χ0n) is 21.6. The van der Waals surface area contributed by atoms with Crippen LogP contribution < -0.4 is 0 Å². The largest absolute Gasteiger partial charge is 0.475 e. The smallest absolute Gasteiger partial charge is 0.456 e. The molecule has 2 unspecified atom stereocenters. The van der Waals surface area contributed by atoms with Gasteiger partial charge in [0.15, 0.2) is 23.3 Å². The van der Waals surface area contributed by atoms with Crippen molar-refractivity contribution in [1.29, 1.82) is 0 Å². The first kappa shape index (κ1) is 30.9. The predicted molar refractivity (Wildman–Crippen MR) is 140 cm³/mol. The van der Waals surface area contributed by atoms with Crippen molar-refractivity contribution in [3.63, 3.8) is 0 Å². The number of phosphoric acid groups is 1. The maximum Gasteiger partial charge on any atom is 0.475 e. The van der Waals surface area contributed by atoms with Gasteiger partial charge in [-0.1, -0.05) is 76.6 Å². The number of hydrogen-bond donors (Lipinski definition) is 0. The molecular formula is C26H30BrO11P. The van der Waals surface area contributed by atoms with E-state index in [0.717, 1.165) is 25.0 Å². The maximum absolute atomic E-state index is 13.7. The zero-order valence-corrected chi connectivity index (χ0v) is 24.1. The summed E-state index contributed by atoms with van der Waals surface area (Å²) in [7, 11) is -4.21. The van der Waals surface area contributed by atoms with Gasteiger partial charge >= 0.3 is 25.7 Å². The minimum absolute atomic E-state index is 0.0720. The third-order valence-corrected chi connectivity index (χ3v) is 7.44. The summed E-state index contributed by atoms with van der Waals surface area (Å²) < 4.78 is 52.5. The minimum Gasteiger partial charge on any atom is -0.456 e. The number of halogens is 1. The van der Waals surface area contributed by atoms with Gasteiger partial charge in [-0.3, -0.25) is 28.0 Å². The Labute approximate surface area is 234 Å². The Morgan fingerprint density at radius 2 is 1.15 bits per heavy atom. The van der Waals surface area contributed by atoms with Crippen LogP contribution in [-0.4, -0.2) is 53.9 Å². The number of hydrogen-bond acceptors (Lipinski definition) is 11. The quantitative estimate of drug-likeness (QED) is 0.143. The second kappa shape index (κ2) is 14.7. The average molecular weight is 629 g/mol. The topological polar surface area (TPSA) is 133 Å². The first-order chi connectivity index (χ1) is 18.6. The van der Waals surface area contributed by atoms with E-state index in [0.29, 0.717) is 0 Å². The Balaban J connectivity index is 1.81. The molecule has 0 saturated carbocycles. The van der Waals surface area contributed by atoms with Crippen molar-refractivity contribution in [2.45, 2.75) is 63.4 Å². The molecular weight excluding hydrogens is 599 g/mol. The van der Waals surface area contributed by atoms with Crippen molar-refractivity contribution in [3.05, 3.63) is 71.8 Å². The second-order valence-corrected chi connectivity index (χ2v) is 11.1. The van der Waals surface area contributed by atoms with Crippen LogP contribution in [0.3, 0.4) is 0 Å². The van der Waals surface area contributed by atoms with Gasteiger partial charge in [-0.2, -0.15) is 0 Å². The molecule has 1 heterocycles. The summed E-state index contributed by atoms with van der Waals surface area (Å²) in [6.45, 7) is 2.88. The van der Waals surface area contributed by atoms with Gasteiger partial charge in [0, 0.05) is 20.8 Å². The van der Waals surface area contributed by atoms with E-state index >= 15 is 0 Å². The summed E-state index contributed by atoms with van der Waals surface area (Å²) in [5.41, 5.74) is 1.46. The molecule has 39 heavy (non-hydrogen) atoms. The van der Waals surface area contributed by atoms with Gasteiger partial charge in [0.05, 0.1) is 19.8 Å². The fraction of sp³-hybridized carbons (Fsp3) is 0.423. The number of phosphoric ester groups is 1. The van der Waals surface area contributed by atoms with E-state index in [2.05, 4.69) is 15.9 Å². The Hall–Kier alpha value is -2.60. The Kier molecular flexibility index (Phi) is 11.7. The lowest BCUT2D eigenvalue weighted by Gasteiger charge is -2.42. The molecule has 11 nitrogen and oxygen atoms in total. The lowest BCUT2D eigenvalue weighted by Crippen LogP contribution is -2.60. The zero-order chi connectivity index (χ0) is 28.4. The van der Waals surface area contributed by atoms with Gasteiger partial charge in [0.2, 0.25) is 0 Å². The molecule has 0 aromatic heterocycles. The third-order valence-electron chi connectivity index (χ3n) is 5.34. The van der Waals surface area contributed by atoms with E-state index in [1.807, 2.05) is 12.1 Å². The van der Waals surface area contributed by atoms with E-state index < -0.39 is 61.8 Å². The number of esters is 3. The molecule has 0 aliphatic carbocycles. The molecule has 0 radical (unpaired) electrons. The van der Waals surface area contributed by atoms with Crippen LogP contribution in [0.4, 0.5) is 0 Å². The Bertz CT molecular complexity index is 1100. The highest BCUT2D eigenvalue weighted by molar-refractivity contribution is 9.09. The summed E-state index contributed by atoms with van der Waals surface area (Å²) in [5.74, 6) is -2.10. The molecule has 13 heteroatoms. The number of alkyl halides is 1. The van der Waals surface area contributed by atoms with Crippen molar-refractivity contribution in [2.75, 3.05) is 6.61 Å². The van der Waals surface area contributed by atoms with Crippen LogP contribution in [0, 0.1) is 0 Å². The normalized spacial score (nSPS) is 23.0. The molecule has 1 aliphatic rings. The Morgan fingerprint density at radius 3 is 1.62 bits per heavy atom. The number of rotatable bonds is 12. The summed E-state index contributed by atoms with van der Waals surface area (Å²) >= 11 is 3.27. The lowest BCUT2D eigenvalue weighted by atomic mass is 9.99. The average Bonchev–Trinajstić information content (AvgIpc) is 2.90. The van der Waals surface area contributed by atoms with Gasteiger partial charge in [-0.05, 0) is 11.1 Å². The van der Waals surface area contributed by atoms with Crippen LogP contribution in [0.25, 0.3) is 0 Å². The predicted octanol–water partition coefficient (Wildman–Crippen LogP) is 4.46. The van der Waals surface area contributed by atoms with Crippen molar-refractivity contribution in [3.8, 4) is 0 Å². The van der Waals surface area contributed by atoms with Crippen molar-refractivity contribution >= 4 is 41.7 Å². The molecule has 212 valence electrons. The van der Waals surface area contributed by atoms with Crippen molar-refractivity contribution in [1.82, 2.24) is 0 Å². The van der Waals surface area contributed by atoms with E-state index in [9.17, 15) is 18.9 Å². The van der Waals surface area contributed by atoms with Crippen LogP contribution in [0.1, 0.15) is 31.9 Å². The first-order valence-corrected chi connectivity index (χ1v) is 14.4. The van der Waals surface area contributed by atoms with E-state index in [1.54, 1.807) is 48.5 Å². The molecule has 1 fully saturated rings. The SMILES string of the molecule is CC(=O)OC1[C@H](Br)OC(COP(=O)(OCc2ccccc2)OCc2ccccc2)[C@H](OC(C)=O)[C@@H]1OC(C)=O. The number of carbonyl (C=O) groups is 3. The lowest BCUT2D eigenvalue weighted by molar-refractivity contribution is -0.234. The summed E-state index contributed by atoms with van der Waals surface area (Å²) in [6, 6.07) is 18.0. The van der Waals surface area contributed by atoms with Gasteiger partial charge < -0.3 is 18.9 Å². The molecule has 0 amide bonds. The molecule has 2 aromatic carbocycles. The molecule has 0 spiro atoms. The molecule has 0 bridgehead atoms. The monoisotopic (exact) mass is 628 g/mol. The fourth-order valence-corrected chi connectivity index (χ4v) is 5.56. The highest BCUT2D eigenvalue weighted by Crippen LogP contribution is 2.51. The third kappa shape index (κ3) is 9.82. The molecule has 3 rings (SSSR count). The number of benzene rings is 2. The van der Waals surface area contributed by atoms with Gasteiger partial charge in [0.25, 0.3) is 0 Å². The second-order valence-electron chi connectivity index (χ2n) is 8.51. The molecule has 1 saturated heterocycles. The summed E-state index contributed by atoms with van der Waals surface area (Å²) in [4.78, 5) is 35.5. The van der Waals surface area contributed by atoms with Crippen LogP contribution in [0.2, 0.25) is 0 Å². The first-order valence-electron chi connectivity index (χ1n) is 12.0. The van der Waals surface area contributed by atoms with Crippen molar-refractivity contribution < 1.29 is 51.5 Å². The molecule has 2 aromatic rings. The highest BCUT2D eigenvalue weighted by Gasteiger charge is 2.51. The fourth-order valence-electron chi connectivity index (χ4n) is 3.71. The van der Waals surface area contributed by atoms with Crippen LogP contribution in [0.5, 0.6) is 0 Å². The van der Waals surface area contributed by atoms with Crippen molar-refractivity contribution in [2.24, 2.45) is 0 Å². The summed E-state index contributed by atoms with van der Waals surface area (Å²) in [5, 5.41) is -0.985. The van der Waals surface area contributed by atoms with Crippen LogP contribution in [-0.2, 0) is 64.7 Å².